The lowest BCUT2D eigenvalue weighted by atomic mass is 9.79. The number of amides is 1. The van der Waals surface area contributed by atoms with Gasteiger partial charge in [0.05, 0.1) is 11.1 Å². The minimum Gasteiger partial charge on any atom is -0.381 e. The van der Waals surface area contributed by atoms with E-state index in [9.17, 15) is 4.79 Å². The second-order valence-electron chi connectivity index (χ2n) is 6.64. The van der Waals surface area contributed by atoms with E-state index in [4.69, 9.17) is 10.5 Å². The maximum atomic E-state index is 12.6. The van der Waals surface area contributed by atoms with Crippen molar-refractivity contribution in [3.8, 4) is 5.82 Å². The summed E-state index contributed by atoms with van der Waals surface area (Å²) in [5, 5.41) is 7.42. The van der Waals surface area contributed by atoms with Crippen LogP contribution in [0.5, 0.6) is 0 Å². The molecule has 0 atom stereocenters. The largest absolute Gasteiger partial charge is 0.381 e. The number of carbonyl (C=O) groups is 1. The van der Waals surface area contributed by atoms with Gasteiger partial charge < -0.3 is 15.8 Å². The molecule has 2 aromatic rings. The molecule has 25 heavy (non-hydrogen) atoms. The van der Waals surface area contributed by atoms with Gasteiger partial charge in [0, 0.05) is 38.2 Å². The van der Waals surface area contributed by atoms with Crippen LogP contribution in [0.15, 0.2) is 24.4 Å². The predicted molar refractivity (Wildman–Crippen MR) is 94.2 cm³/mol. The molecule has 0 unspecified atom stereocenters. The number of pyridine rings is 1. The van der Waals surface area contributed by atoms with Crippen molar-refractivity contribution in [1.29, 1.82) is 0 Å². The molecule has 1 fully saturated rings. The van der Waals surface area contributed by atoms with E-state index in [2.05, 4.69) is 15.4 Å². The molecule has 1 amide bonds. The van der Waals surface area contributed by atoms with Crippen LogP contribution in [0, 0.1) is 19.3 Å². The zero-order valence-corrected chi connectivity index (χ0v) is 14.8. The third-order valence-corrected chi connectivity index (χ3v) is 4.81. The Kier molecular flexibility index (Phi) is 5.15. The summed E-state index contributed by atoms with van der Waals surface area (Å²) in [6, 6.07) is 5.88. The van der Waals surface area contributed by atoms with Crippen molar-refractivity contribution in [2.24, 2.45) is 11.1 Å². The number of ether oxygens (including phenoxy) is 1. The van der Waals surface area contributed by atoms with Gasteiger partial charge in [0.1, 0.15) is 0 Å². The van der Waals surface area contributed by atoms with Crippen molar-refractivity contribution in [3.63, 3.8) is 0 Å². The Labute approximate surface area is 147 Å². The first-order valence-corrected chi connectivity index (χ1v) is 8.59. The number of carbonyl (C=O) groups excluding carboxylic acids is 1. The minimum absolute atomic E-state index is 0.000854. The fourth-order valence-electron chi connectivity index (χ4n) is 3.16. The van der Waals surface area contributed by atoms with Crippen LogP contribution in [0.25, 0.3) is 5.82 Å². The third kappa shape index (κ3) is 3.72. The monoisotopic (exact) mass is 343 g/mol. The van der Waals surface area contributed by atoms with E-state index in [1.54, 1.807) is 6.20 Å². The number of aromatic nitrogens is 3. The first kappa shape index (κ1) is 17.6. The summed E-state index contributed by atoms with van der Waals surface area (Å²) < 4.78 is 7.16. The van der Waals surface area contributed by atoms with Crippen molar-refractivity contribution in [1.82, 2.24) is 20.1 Å². The Bertz CT molecular complexity index is 732. The second-order valence-corrected chi connectivity index (χ2v) is 6.64. The Morgan fingerprint density at radius 2 is 2.12 bits per heavy atom. The highest BCUT2D eigenvalue weighted by Crippen LogP contribution is 2.29. The van der Waals surface area contributed by atoms with E-state index in [1.165, 1.54) is 0 Å². The van der Waals surface area contributed by atoms with Crippen LogP contribution in [0.4, 0.5) is 0 Å². The molecule has 2 aromatic heterocycles. The SMILES string of the molecule is Cc1cc(C)n(-c2ccc(CNC(=O)C3(CN)CCOCC3)cn2)n1. The van der Waals surface area contributed by atoms with Crippen molar-refractivity contribution in [3.05, 3.63) is 41.3 Å². The van der Waals surface area contributed by atoms with E-state index >= 15 is 0 Å². The average molecular weight is 343 g/mol. The fourth-order valence-corrected chi connectivity index (χ4v) is 3.16. The van der Waals surface area contributed by atoms with Gasteiger partial charge in [0.2, 0.25) is 5.91 Å². The summed E-state index contributed by atoms with van der Waals surface area (Å²) in [5.41, 5.74) is 8.30. The molecular formula is C18H25N5O2. The van der Waals surface area contributed by atoms with Gasteiger partial charge in [-0.2, -0.15) is 5.10 Å². The Morgan fingerprint density at radius 3 is 2.68 bits per heavy atom. The minimum atomic E-state index is -0.505. The number of hydrogen-bond acceptors (Lipinski definition) is 5. The van der Waals surface area contributed by atoms with Gasteiger partial charge in [-0.3, -0.25) is 4.79 Å². The third-order valence-electron chi connectivity index (χ3n) is 4.81. The Hall–Kier alpha value is -2.25. The molecule has 0 aromatic carbocycles. The van der Waals surface area contributed by atoms with Crippen LogP contribution in [0.1, 0.15) is 29.8 Å². The summed E-state index contributed by atoms with van der Waals surface area (Å²) in [5.74, 6) is 0.768. The van der Waals surface area contributed by atoms with Gasteiger partial charge in [0.15, 0.2) is 5.82 Å². The molecule has 0 saturated carbocycles. The van der Waals surface area contributed by atoms with Crippen molar-refractivity contribution < 1.29 is 9.53 Å². The van der Waals surface area contributed by atoms with Gasteiger partial charge >= 0.3 is 0 Å². The fraction of sp³-hybridized carbons (Fsp3) is 0.500. The highest BCUT2D eigenvalue weighted by atomic mass is 16.5. The highest BCUT2D eigenvalue weighted by molar-refractivity contribution is 5.83. The van der Waals surface area contributed by atoms with Gasteiger partial charge in [-0.05, 0) is 44.4 Å². The van der Waals surface area contributed by atoms with E-state index in [0.717, 1.165) is 22.8 Å². The zero-order valence-electron chi connectivity index (χ0n) is 14.8. The maximum absolute atomic E-state index is 12.6. The van der Waals surface area contributed by atoms with Crippen LogP contribution in [-0.2, 0) is 16.1 Å². The van der Waals surface area contributed by atoms with E-state index in [-0.39, 0.29) is 5.91 Å². The molecule has 7 nitrogen and oxygen atoms in total. The first-order valence-electron chi connectivity index (χ1n) is 8.59. The van der Waals surface area contributed by atoms with Crippen molar-refractivity contribution in [2.45, 2.75) is 33.2 Å². The normalized spacial score (nSPS) is 16.6. The number of hydrogen-bond donors (Lipinski definition) is 2. The Balaban J connectivity index is 1.64. The molecule has 3 heterocycles. The number of aryl methyl sites for hydroxylation is 2. The molecule has 7 heteroatoms. The summed E-state index contributed by atoms with van der Waals surface area (Å²) in [6.45, 7) is 5.91. The predicted octanol–water partition coefficient (Wildman–Crippen LogP) is 1.26. The van der Waals surface area contributed by atoms with E-state index in [1.807, 2.05) is 36.7 Å². The topological polar surface area (TPSA) is 95.1 Å². The van der Waals surface area contributed by atoms with E-state index in [0.29, 0.717) is 39.1 Å². The second kappa shape index (κ2) is 7.33. The number of nitrogens with one attached hydrogen (secondary N) is 1. The summed E-state index contributed by atoms with van der Waals surface area (Å²) in [7, 11) is 0. The Morgan fingerprint density at radius 1 is 1.36 bits per heavy atom. The quantitative estimate of drug-likeness (QED) is 0.852. The van der Waals surface area contributed by atoms with Crippen LogP contribution in [0.3, 0.4) is 0 Å². The molecule has 0 radical (unpaired) electrons. The van der Waals surface area contributed by atoms with Crippen LogP contribution >= 0.6 is 0 Å². The maximum Gasteiger partial charge on any atom is 0.227 e. The molecule has 0 aliphatic carbocycles. The molecule has 0 bridgehead atoms. The van der Waals surface area contributed by atoms with Crippen LogP contribution in [0.2, 0.25) is 0 Å². The molecule has 1 aliphatic heterocycles. The highest BCUT2D eigenvalue weighted by Gasteiger charge is 2.38. The molecule has 1 aliphatic rings. The van der Waals surface area contributed by atoms with Gasteiger partial charge in [-0.1, -0.05) is 6.07 Å². The van der Waals surface area contributed by atoms with Crippen molar-refractivity contribution >= 4 is 5.91 Å². The van der Waals surface area contributed by atoms with Crippen LogP contribution in [-0.4, -0.2) is 40.4 Å². The average Bonchev–Trinajstić information content (AvgIpc) is 2.99. The number of nitrogens with two attached hydrogens (primary N) is 1. The lowest BCUT2D eigenvalue weighted by molar-refractivity contribution is -0.136. The molecule has 3 N–H and O–H groups in total. The van der Waals surface area contributed by atoms with Gasteiger partial charge in [0.25, 0.3) is 0 Å². The molecule has 3 rings (SSSR count). The van der Waals surface area contributed by atoms with E-state index < -0.39 is 5.41 Å². The zero-order chi connectivity index (χ0) is 17.9. The van der Waals surface area contributed by atoms with Crippen molar-refractivity contribution in [2.75, 3.05) is 19.8 Å². The van der Waals surface area contributed by atoms with Gasteiger partial charge in [-0.25, -0.2) is 9.67 Å². The summed E-state index contributed by atoms with van der Waals surface area (Å²) in [4.78, 5) is 17.0. The molecular weight excluding hydrogens is 318 g/mol. The van der Waals surface area contributed by atoms with Crippen LogP contribution < -0.4 is 11.1 Å². The lowest BCUT2D eigenvalue weighted by Crippen LogP contribution is -2.48. The molecule has 0 spiro atoms. The molecule has 1 saturated heterocycles. The standard InChI is InChI=1S/C18H25N5O2/c1-13-9-14(2)23(22-13)16-4-3-15(10-20-16)11-21-17(24)18(12-19)5-7-25-8-6-18/h3-4,9-10H,5-8,11-12,19H2,1-2H3,(H,21,24). The lowest BCUT2D eigenvalue weighted by Gasteiger charge is -2.34. The van der Waals surface area contributed by atoms with Gasteiger partial charge in [-0.15, -0.1) is 0 Å². The first-order chi connectivity index (χ1) is 12.0. The number of rotatable bonds is 5. The summed E-state index contributed by atoms with van der Waals surface area (Å²) in [6.07, 6.45) is 3.11. The summed E-state index contributed by atoms with van der Waals surface area (Å²) >= 11 is 0. The smallest absolute Gasteiger partial charge is 0.227 e. The number of nitrogens with zero attached hydrogens (tertiary/aromatic N) is 3. The molecule has 134 valence electrons.